The molecule has 6 heteroatoms. The smallest absolute Gasteiger partial charge is 0.236 e. The van der Waals surface area contributed by atoms with Crippen molar-refractivity contribution in [2.45, 2.75) is 32.9 Å². The third kappa shape index (κ3) is 7.33. The first-order valence-electron chi connectivity index (χ1n) is 4.97. The summed E-state index contributed by atoms with van der Waals surface area (Å²) >= 11 is 0. The van der Waals surface area contributed by atoms with E-state index in [0.29, 0.717) is 6.54 Å². The number of hydrogen-bond acceptors (Lipinski definition) is 4. The van der Waals surface area contributed by atoms with Gasteiger partial charge < -0.3 is 10.6 Å². The maximum absolute atomic E-state index is 11.3. The van der Waals surface area contributed by atoms with Crippen LogP contribution in [0.25, 0.3) is 0 Å². The van der Waals surface area contributed by atoms with Crippen LogP contribution in [-0.2, 0) is 14.6 Å². The standard InChI is InChI=1S/C9H20N2O3S/c1-5-10-9(12)8(3)11-7(2)6-15(4,13)14/h7-8,11H,5-6H2,1-4H3,(H,10,12). The Kier molecular flexibility index (Phi) is 5.82. The fourth-order valence-electron chi connectivity index (χ4n) is 1.33. The van der Waals surface area contributed by atoms with Crippen LogP contribution >= 0.6 is 0 Å². The molecular formula is C9H20N2O3S. The molecule has 0 aromatic carbocycles. The van der Waals surface area contributed by atoms with Gasteiger partial charge >= 0.3 is 0 Å². The van der Waals surface area contributed by atoms with Crippen LogP contribution in [0.4, 0.5) is 0 Å². The molecule has 1 amide bonds. The number of carbonyl (C=O) groups excluding carboxylic acids is 1. The molecule has 0 aliphatic carbocycles. The molecule has 0 bridgehead atoms. The van der Waals surface area contributed by atoms with E-state index in [1.165, 1.54) is 6.26 Å². The van der Waals surface area contributed by atoms with E-state index in [9.17, 15) is 13.2 Å². The summed E-state index contributed by atoms with van der Waals surface area (Å²) in [5.41, 5.74) is 0. The van der Waals surface area contributed by atoms with Gasteiger partial charge in [0.15, 0.2) is 0 Å². The Morgan fingerprint density at radius 3 is 2.27 bits per heavy atom. The number of carbonyl (C=O) groups is 1. The molecule has 0 saturated carbocycles. The van der Waals surface area contributed by atoms with Gasteiger partial charge in [-0.2, -0.15) is 0 Å². The Bertz CT molecular complexity index is 300. The molecule has 0 spiro atoms. The van der Waals surface area contributed by atoms with E-state index in [1.807, 2.05) is 6.92 Å². The van der Waals surface area contributed by atoms with Gasteiger partial charge in [-0.3, -0.25) is 4.79 Å². The second-order valence-corrected chi connectivity index (χ2v) is 5.96. The molecule has 15 heavy (non-hydrogen) atoms. The Morgan fingerprint density at radius 1 is 1.33 bits per heavy atom. The molecule has 5 nitrogen and oxygen atoms in total. The number of rotatable bonds is 6. The molecule has 2 atom stereocenters. The average molecular weight is 236 g/mol. The number of sulfone groups is 1. The molecule has 0 heterocycles. The predicted octanol–water partition coefficient (Wildman–Crippen LogP) is -0.466. The first-order valence-corrected chi connectivity index (χ1v) is 7.03. The van der Waals surface area contributed by atoms with Crippen LogP contribution in [0, 0.1) is 0 Å². The summed E-state index contributed by atoms with van der Waals surface area (Å²) in [6.07, 6.45) is 1.18. The van der Waals surface area contributed by atoms with Crippen molar-refractivity contribution in [3.63, 3.8) is 0 Å². The molecule has 0 aromatic rings. The summed E-state index contributed by atoms with van der Waals surface area (Å²) in [7, 11) is -3.00. The number of likely N-dealkylation sites (N-methyl/N-ethyl adjacent to an activating group) is 1. The summed E-state index contributed by atoms with van der Waals surface area (Å²) < 4.78 is 22.0. The highest BCUT2D eigenvalue weighted by Gasteiger charge is 2.17. The highest BCUT2D eigenvalue weighted by atomic mass is 32.2. The Balaban J connectivity index is 4.07. The van der Waals surface area contributed by atoms with Crippen molar-refractivity contribution in [3.8, 4) is 0 Å². The summed E-state index contributed by atoms with van der Waals surface area (Å²) in [6.45, 7) is 5.87. The number of amides is 1. The summed E-state index contributed by atoms with van der Waals surface area (Å²) in [5.74, 6) is -0.0747. The van der Waals surface area contributed by atoms with Gasteiger partial charge in [0.1, 0.15) is 9.84 Å². The van der Waals surface area contributed by atoms with E-state index in [4.69, 9.17) is 0 Å². The first-order chi connectivity index (χ1) is 6.76. The van der Waals surface area contributed by atoms with E-state index in [-0.39, 0.29) is 23.7 Å². The van der Waals surface area contributed by atoms with Crippen LogP contribution in [0.15, 0.2) is 0 Å². The van der Waals surface area contributed by atoms with Crippen LogP contribution in [0.2, 0.25) is 0 Å². The van der Waals surface area contributed by atoms with Crippen LogP contribution in [0.5, 0.6) is 0 Å². The minimum absolute atomic E-state index is 0.0384. The Labute approximate surface area is 91.5 Å². The quantitative estimate of drug-likeness (QED) is 0.654. The van der Waals surface area contributed by atoms with E-state index in [0.717, 1.165) is 0 Å². The third-order valence-electron chi connectivity index (χ3n) is 1.83. The van der Waals surface area contributed by atoms with Crippen LogP contribution < -0.4 is 10.6 Å². The maximum Gasteiger partial charge on any atom is 0.236 e. The zero-order chi connectivity index (χ0) is 12.1. The highest BCUT2D eigenvalue weighted by Crippen LogP contribution is 1.93. The third-order valence-corrected chi connectivity index (χ3v) is 2.94. The molecule has 0 radical (unpaired) electrons. The topological polar surface area (TPSA) is 75.3 Å². The Morgan fingerprint density at radius 2 is 1.87 bits per heavy atom. The number of hydrogen-bond donors (Lipinski definition) is 2. The van der Waals surface area contributed by atoms with Crippen molar-refractivity contribution < 1.29 is 13.2 Å². The van der Waals surface area contributed by atoms with Crippen LogP contribution in [0.3, 0.4) is 0 Å². The van der Waals surface area contributed by atoms with Gasteiger partial charge in [0, 0.05) is 18.8 Å². The van der Waals surface area contributed by atoms with Gasteiger partial charge in [-0.05, 0) is 20.8 Å². The lowest BCUT2D eigenvalue weighted by Gasteiger charge is -2.18. The Hall–Kier alpha value is -0.620. The zero-order valence-electron chi connectivity index (χ0n) is 9.70. The maximum atomic E-state index is 11.3. The van der Waals surface area contributed by atoms with E-state index < -0.39 is 9.84 Å². The molecular weight excluding hydrogens is 216 g/mol. The van der Waals surface area contributed by atoms with Crippen LogP contribution in [0.1, 0.15) is 20.8 Å². The monoisotopic (exact) mass is 236 g/mol. The van der Waals surface area contributed by atoms with E-state index >= 15 is 0 Å². The van der Waals surface area contributed by atoms with Gasteiger partial charge in [-0.1, -0.05) is 0 Å². The highest BCUT2D eigenvalue weighted by molar-refractivity contribution is 7.90. The van der Waals surface area contributed by atoms with Gasteiger partial charge in [-0.15, -0.1) is 0 Å². The predicted molar refractivity (Wildman–Crippen MR) is 60.5 cm³/mol. The van der Waals surface area contributed by atoms with Crippen molar-refractivity contribution >= 4 is 15.7 Å². The van der Waals surface area contributed by atoms with Gasteiger partial charge in [0.25, 0.3) is 0 Å². The average Bonchev–Trinajstić information content (AvgIpc) is 2.00. The largest absolute Gasteiger partial charge is 0.355 e. The first kappa shape index (κ1) is 14.4. The van der Waals surface area contributed by atoms with Gasteiger partial charge in [-0.25, -0.2) is 8.42 Å². The molecule has 0 rings (SSSR count). The lowest BCUT2D eigenvalue weighted by molar-refractivity contribution is -0.122. The fraction of sp³-hybridized carbons (Fsp3) is 0.889. The summed E-state index contributed by atoms with van der Waals surface area (Å²) in [4.78, 5) is 11.3. The second-order valence-electron chi connectivity index (χ2n) is 3.78. The van der Waals surface area contributed by atoms with Gasteiger partial charge in [0.2, 0.25) is 5.91 Å². The van der Waals surface area contributed by atoms with E-state index in [2.05, 4.69) is 10.6 Å². The molecule has 0 fully saturated rings. The fourth-order valence-corrected chi connectivity index (χ4v) is 2.34. The van der Waals surface area contributed by atoms with Crippen molar-refractivity contribution in [1.82, 2.24) is 10.6 Å². The van der Waals surface area contributed by atoms with Crippen LogP contribution in [-0.4, -0.2) is 45.0 Å². The zero-order valence-corrected chi connectivity index (χ0v) is 10.5. The van der Waals surface area contributed by atoms with Crippen molar-refractivity contribution in [1.29, 1.82) is 0 Å². The minimum Gasteiger partial charge on any atom is -0.355 e. The molecule has 0 aliphatic heterocycles. The van der Waals surface area contributed by atoms with Crippen molar-refractivity contribution in [2.24, 2.45) is 0 Å². The van der Waals surface area contributed by atoms with Crippen molar-refractivity contribution in [2.75, 3.05) is 18.6 Å². The molecule has 2 N–H and O–H groups in total. The second kappa shape index (κ2) is 6.07. The molecule has 0 saturated heterocycles. The molecule has 90 valence electrons. The molecule has 2 unspecified atom stereocenters. The lowest BCUT2D eigenvalue weighted by Crippen LogP contribution is -2.47. The number of nitrogens with one attached hydrogen (secondary N) is 2. The SMILES string of the molecule is CCNC(=O)C(C)NC(C)CS(C)(=O)=O. The van der Waals surface area contributed by atoms with Crippen molar-refractivity contribution in [3.05, 3.63) is 0 Å². The van der Waals surface area contributed by atoms with E-state index in [1.54, 1.807) is 13.8 Å². The minimum atomic E-state index is -3.00. The summed E-state index contributed by atoms with van der Waals surface area (Å²) in [6, 6.07) is -0.598. The van der Waals surface area contributed by atoms with Gasteiger partial charge in [0.05, 0.1) is 11.8 Å². The molecule has 0 aliphatic rings. The molecule has 0 aromatic heterocycles. The summed E-state index contributed by atoms with van der Waals surface area (Å²) in [5, 5.41) is 5.59. The normalized spacial score (nSPS) is 15.7. The lowest BCUT2D eigenvalue weighted by atomic mass is 10.2.